The summed E-state index contributed by atoms with van der Waals surface area (Å²) in [5.41, 5.74) is 2.22. The van der Waals surface area contributed by atoms with Gasteiger partial charge in [-0.1, -0.05) is 44.5 Å². The summed E-state index contributed by atoms with van der Waals surface area (Å²) in [6.45, 7) is 8.87. The minimum atomic E-state index is -0.455. The van der Waals surface area contributed by atoms with E-state index in [1.807, 2.05) is 38.1 Å². The van der Waals surface area contributed by atoms with Crippen LogP contribution in [0.1, 0.15) is 51.2 Å². The molecule has 1 rings (SSSR count). The van der Waals surface area contributed by atoms with Crippen molar-refractivity contribution in [2.45, 2.75) is 59.5 Å². The van der Waals surface area contributed by atoms with Gasteiger partial charge in [-0.3, -0.25) is 9.59 Å². The highest BCUT2D eigenvalue weighted by Gasteiger charge is 2.25. The van der Waals surface area contributed by atoms with E-state index in [1.54, 1.807) is 11.8 Å². The molecular weight excluding hydrogens is 276 g/mol. The van der Waals surface area contributed by atoms with Gasteiger partial charge >= 0.3 is 0 Å². The summed E-state index contributed by atoms with van der Waals surface area (Å²) in [5, 5.41) is 2.91. The Kier molecular flexibility index (Phi) is 7.64. The van der Waals surface area contributed by atoms with Crippen LogP contribution in [0.25, 0.3) is 0 Å². The number of amides is 2. The molecule has 0 bridgehead atoms. The number of hydrogen-bond donors (Lipinski definition) is 1. The van der Waals surface area contributed by atoms with E-state index in [-0.39, 0.29) is 11.8 Å². The van der Waals surface area contributed by atoms with Crippen molar-refractivity contribution in [3.8, 4) is 0 Å². The molecule has 0 saturated carbocycles. The Hall–Kier alpha value is -1.84. The molecule has 0 saturated heterocycles. The summed E-state index contributed by atoms with van der Waals surface area (Å²) in [7, 11) is 0. The molecule has 0 radical (unpaired) electrons. The van der Waals surface area contributed by atoms with Gasteiger partial charge in [0.2, 0.25) is 11.8 Å². The number of nitrogens with one attached hydrogen (secondary N) is 1. The highest BCUT2D eigenvalue weighted by atomic mass is 16.2. The fraction of sp³-hybridized carbons (Fsp3) is 0.556. The first-order valence-electron chi connectivity index (χ1n) is 8.12. The van der Waals surface area contributed by atoms with Crippen LogP contribution < -0.4 is 5.32 Å². The highest BCUT2D eigenvalue weighted by Crippen LogP contribution is 2.14. The maximum Gasteiger partial charge on any atom is 0.242 e. The normalized spacial score (nSPS) is 11.8. The highest BCUT2D eigenvalue weighted by molar-refractivity contribution is 5.87. The molecule has 122 valence electrons. The third-order valence-electron chi connectivity index (χ3n) is 3.90. The minimum absolute atomic E-state index is 0.00129. The van der Waals surface area contributed by atoms with E-state index in [9.17, 15) is 9.59 Å². The number of benzene rings is 1. The SMILES string of the molecule is CCCCNC(=O)[C@H](C)N(Cc1ccccc1C)C(=O)CC. The van der Waals surface area contributed by atoms with Crippen LogP contribution in [0.15, 0.2) is 24.3 Å². The fourth-order valence-corrected chi connectivity index (χ4v) is 2.29. The van der Waals surface area contributed by atoms with Crippen molar-refractivity contribution in [1.29, 1.82) is 0 Å². The predicted octanol–water partition coefficient (Wildman–Crippen LogP) is 3.04. The van der Waals surface area contributed by atoms with Crippen LogP contribution in [0.5, 0.6) is 0 Å². The number of carbonyl (C=O) groups excluding carboxylic acids is 2. The molecule has 1 aromatic rings. The zero-order valence-electron chi connectivity index (χ0n) is 14.2. The molecule has 1 N–H and O–H groups in total. The first-order valence-corrected chi connectivity index (χ1v) is 8.12. The average Bonchev–Trinajstić information content (AvgIpc) is 2.53. The third kappa shape index (κ3) is 5.17. The van der Waals surface area contributed by atoms with Crippen molar-refractivity contribution in [3.63, 3.8) is 0 Å². The first kappa shape index (κ1) is 18.2. The lowest BCUT2D eigenvalue weighted by atomic mass is 10.1. The first-order chi connectivity index (χ1) is 10.5. The molecule has 4 nitrogen and oxygen atoms in total. The van der Waals surface area contributed by atoms with E-state index >= 15 is 0 Å². The molecular formula is C18H28N2O2. The van der Waals surface area contributed by atoms with Crippen LogP contribution in [0.4, 0.5) is 0 Å². The number of carbonyl (C=O) groups is 2. The lowest BCUT2D eigenvalue weighted by Crippen LogP contribution is -2.47. The predicted molar refractivity (Wildman–Crippen MR) is 89.4 cm³/mol. The van der Waals surface area contributed by atoms with Crippen LogP contribution in [-0.2, 0) is 16.1 Å². The van der Waals surface area contributed by atoms with E-state index in [0.717, 1.165) is 24.0 Å². The number of hydrogen-bond acceptors (Lipinski definition) is 2. The molecule has 1 aromatic carbocycles. The van der Waals surface area contributed by atoms with Crippen LogP contribution in [0, 0.1) is 6.92 Å². The second-order valence-corrected chi connectivity index (χ2v) is 5.62. The number of unbranched alkanes of at least 4 members (excludes halogenated alkanes) is 1. The number of aryl methyl sites for hydroxylation is 1. The molecule has 0 aliphatic carbocycles. The van der Waals surface area contributed by atoms with Gasteiger partial charge in [-0.2, -0.15) is 0 Å². The zero-order valence-corrected chi connectivity index (χ0v) is 14.2. The summed E-state index contributed by atoms with van der Waals surface area (Å²) < 4.78 is 0. The second-order valence-electron chi connectivity index (χ2n) is 5.62. The van der Waals surface area contributed by atoms with Crippen LogP contribution >= 0.6 is 0 Å². The van der Waals surface area contributed by atoms with Crippen LogP contribution in [0.2, 0.25) is 0 Å². The molecule has 1 atom stereocenters. The number of nitrogens with zero attached hydrogens (tertiary/aromatic N) is 1. The van der Waals surface area contributed by atoms with Gasteiger partial charge in [0.05, 0.1) is 0 Å². The van der Waals surface area contributed by atoms with Gasteiger partial charge in [0, 0.05) is 19.5 Å². The lowest BCUT2D eigenvalue weighted by molar-refractivity contribution is -0.140. The number of rotatable bonds is 8. The fourth-order valence-electron chi connectivity index (χ4n) is 2.29. The van der Waals surface area contributed by atoms with Gasteiger partial charge in [-0.05, 0) is 31.4 Å². The summed E-state index contributed by atoms with van der Waals surface area (Å²) in [6, 6.07) is 7.52. The summed E-state index contributed by atoms with van der Waals surface area (Å²) in [6.07, 6.45) is 2.39. The molecule has 0 spiro atoms. The Morgan fingerprint density at radius 3 is 2.50 bits per heavy atom. The Bertz CT molecular complexity index is 500. The Morgan fingerprint density at radius 1 is 1.23 bits per heavy atom. The summed E-state index contributed by atoms with van der Waals surface area (Å²) >= 11 is 0. The molecule has 0 aliphatic heterocycles. The van der Waals surface area contributed by atoms with Gasteiger partial charge in [0.25, 0.3) is 0 Å². The molecule has 0 heterocycles. The molecule has 0 aliphatic rings. The Balaban J connectivity index is 2.82. The zero-order chi connectivity index (χ0) is 16.5. The van der Waals surface area contributed by atoms with Gasteiger partial charge in [0.1, 0.15) is 6.04 Å². The standard InChI is InChI=1S/C18H28N2O2/c1-5-7-12-19-18(22)15(4)20(17(21)6-2)13-16-11-9-8-10-14(16)3/h8-11,15H,5-7,12-13H2,1-4H3,(H,19,22)/t15-/m0/s1. The van der Waals surface area contributed by atoms with Crippen molar-refractivity contribution in [2.24, 2.45) is 0 Å². The largest absolute Gasteiger partial charge is 0.354 e. The summed E-state index contributed by atoms with van der Waals surface area (Å²) in [4.78, 5) is 26.2. The van der Waals surface area contributed by atoms with Crippen molar-refractivity contribution in [2.75, 3.05) is 6.54 Å². The Morgan fingerprint density at radius 2 is 1.91 bits per heavy atom. The lowest BCUT2D eigenvalue weighted by Gasteiger charge is -2.29. The van der Waals surface area contributed by atoms with E-state index in [0.29, 0.717) is 19.5 Å². The molecule has 0 unspecified atom stereocenters. The Labute approximate surface area is 133 Å². The topological polar surface area (TPSA) is 49.4 Å². The average molecular weight is 304 g/mol. The smallest absolute Gasteiger partial charge is 0.242 e. The molecule has 0 fully saturated rings. The quantitative estimate of drug-likeness (QED) is 0.750. The van der Waals surface area contributed by atoms with Gasteiger partial charge in [0.15, 0.2) is 0 Å². The van der Waals surface area contributed by atoms with Crippen molar-refractivity contribution in [3.05, 3.63) is 35.4 Å². The van der Waals surface area contributed by atoms with Crippen LogP contribution in [0.3, 0.4) is 0 Å². The van der Waals surface area contributed by atoms with Crippen molar-refractivity contribution in [1.82, 2.24) is 10.2 Å². The summed E-state index contributed by atoms with van der Waals surface area (Å²) in [5.74, 6) is -0.0785. The molecule has 0 aromatic heterocycles. The van der Waals surface area contributed by atoms with Crippen molar-refractivity contribution >= 4 is 11.8 Å². The second kappa shape index (κ2) is 9.23. The van der Waals surface area contributed by atoms with Gasteiger partial charge in [-0.25, -0.2) is 0 Å². The maximum atomic E-state index is 12.2. The third-order valence-corrected chi connectivity index (χ3v) is 3.90. The van der Waals surface area contributed by atoms with E-state index in [4.69, 9.17) is 0 Å². The van der Waals surface area contributed by atoms with Crippen molar-refractivity contribution < 1.29 is 9.59 Å². The van der Waals surface area contributed by atoms with Gasteiger partial charge < -0.3 is 10.2 Å². The van der Waals surface area contributed by atoms with E-state index in [1.165, 1.54) is 0 Å². The van der Waals surface area contributed by atoms with Crippen LogP contribution in [-0.4, -0.2) is 29.3 Å². The monoisotopic (exact) mass is 304 g/mol. The molecule has 22 heavy (non-hydrogen) atoms. The molecule has 4 heteroatoms. The minimum Gasteiger partial charge on any atom is -0.354 e. The maximum absolute atomic E-state index is 12.2. The molecule has 2 amide bonds. The van der Waals surface area contributed by atoms with E-state index in [2.05, 4.69) is 12.2 Å². The van der Waals surface area contributed by atoms with E-state index < -0.39 is 6.04 Å². The van der Waals surface area contributed by atoms with Gasteiger partial charge in [-0.15, -0.1) is 0 Å².